The van der Waals surface area contributed by atoms with Crippen LogP contribution in [0.5, 0.6) is 0 Å². The van der Waals surface area contributed by atoms with Gasteiger partial charge < -0.3 is 20.6 Å². The Morgan fingerprint density at radius 1 is 1.37 bits per heavy atom. The number of esters is 1. The average Bonchev–Trinajstić information content (AvgIpc) is 2.79. The van der Waals surface area contributed by atoms with E-state index in [4.69, 9.17) is 10.8 Å². The Morgan fingerprint density at radius 3 is 2.84 bits per heavy atom. The number of carboxylic acid groups (broad SMARTS) is 1. The van der Waals surface area contributed by atoms with Gasteiger partial charge in [-0.15, -0.1) is 0 Å². The van der Waals surface area contributed by atoms with Crippen molar-refractivity contribution in [2.24, 2.45) is 5.73 Å². The third-order valence-corrected chi connectivity index (χ3v) is 2.76. The topological polar surface area (TPSA) is 105 Å². The number of hydrogen-bond donors (Lipinski definition) is 3. The first-order valence-electron chi connectivity index (χ1n) is 5.78. The second kappa shape index (κ2) is 5.53. The van der Waals surface area contributed by atoms with Gasteiger partial charge in [0.1, 0.15) is 6.61 Å². The van der Waals surface area contributed by atoms with Crippen LogP contribution in [0, 0.1) is 0 Å². The van der Waals surface area contributed by atoms with Gasteiger partial charge >= 0.3 is 11.9 Å². The van der Waals surface area contributed by atoms with E-state index in [1.165, 1.54) is 0 Å². The van der Waals surface area contributed by atoms with Crippen molar-refractivity contribution < 1.29 is 19.4 Å². The molecule has 0 aliphatic rings. The van der Waals surface area contributed by atoms with Crippen molar-refractivity contribution in [3.8, 4) is 0 Å². The lowest BCUT2D eigenvalue weighted by Gasteiger charge is -2.10. The molecule has 6 heteroatoms. The van der Waals surface area contributed by atoms with Gasteiger partial charge in [0.2, 0.25) is 0 Å². The number of carbonyl (C=O) groups is 2. The van der Waals surface area contributed by atoms with E-state index in [9.17, 15) is 9.59 Å². The number of nitrogens with two attached hydrogens (primary N) is 1. The highest BCUT2D eigenvalue weighted by molar-refractivity contribution is 6.28. The van der Waals surface area contributed by atoms with Crippen molar-refractivity contribution in [2.45, 2.75) is 12.5 Å². The molecule has 1 aromatic heterocycles. The number of H-pyrrole nitrogens is 1. The molecule has 0 fully saturated rings. The largest absolute Gasteiger partial charge is 0.473 e. The zero-order valence-corrected chi connectivity index (χ0v) is 10.1. The summed E-state index contributed by atoms with van der Waals surface area (Å²) >= 11 is 0. The van der Waals surface area contributed by atoms with Gasteiger partial charge in [0.25, 0.3) is 0 Å². The quantitative estimate of drug-likeness (QED) is 0.554. The molecular formula is C13H14N2O4. The van der Waals surface area contributed by atoms with Gasteiger partial charge in [-0.25, -0.2) is 9.59 Å². The maximum Gasteiger partial charge on any atom is 0.417 e. The average molecular weight is 262 g/mol. The second-order valence-electron chi connectivity index (χ2n) is 4.23. The fourth-order valence-electron chi connectivity index (χ4n) is 1.89. The lowest BCUT2D eigenvalue weighted by molar-refractivity contribution is -0.164. The fraction of sp³-hybridized carbons (Fsp3) is 0.231. The molecule has 0 saturated carbocycles. The standard InChI is InChI=1S/C13H14N2O4/c14-9(7-19-13(18)12(16)17)5-8-6-15-11-4-2-1-3-10(8)11/h1-4,6,9,15H,5,7,14H2,(H,16,17). The van der Waals surface area contributed by atoms with E-state index in [0.717, 1.165) is 16.5 Å². The Morgan fingerprint density at radius 2 is 2.11 bits per heavy atom. The van der Waals surface area contributed by atoms with Crippen molar-refractivity contribution in [2.75, 3.05) is 6.61 Å². The Kier molecular flexibility index (Phi) is 3.82. The Labute approximate surface area is 109 Å². The molecule has 1 atom stereocenters. The van der Waals surface area contributed by atoms with E-state index in [-0.39, 0.29) is 6.61 Å². The van der Waals surface area contributed by atoms with Crippen LogP contribution in [-0.2, 0) is 20.7 Å². The third-order valence-electron chi connectivity index (χ3n) is 2.76. The zero-order chi connectivity index (χ0) is 13.8. The van der Waals surface area contributed by atoms with E-state index in [1.54, 1.807) is 0 Å². The van der Waals surface area contributed by atoms with Crippen LogP contribution in [0.25, 0.3) is 10.9 Å². The molecular weight excluding hydrogens is 248 g/mol. The molecule has 2 rings (SSSR count). The van der Waals surface area contributed by atoms with Crippen LogP contribution in [-0.4, -0.2) is 34.7 Å². The summed E-state index contributed by atoms with van der Waals surface area (Å²) in [5.41, 5.74) is 7.84. The normalized spacial score (nSPS) is 12.3. The summed E-state index contributed by atoms with van der Waals surface area (Å²) in [6.07, 6.45) is 2.35. The highest BCUT2D eigenvalue weighted by Gasteiger charge is 2.15. The number of fused-ring (bicyclic) bond motifs is 1. The van der Waals surface area contributed by atoms with Crippen LogP contribution < -0.4 is 5.73 Å². The van der Waals surface area contributed by atoms with Crippen molar-refractivity contribution in [1.82, 2.24) is 4.98 Å². The summed E-state index contributed by atoms with van der Waals surface area (Å²) in [7, 11) is 0. The number of aromatic amines is 1. The van der Waals surface area contributed by atoms with Gasteiger partial charge in [-0.1, -0.05) is 18.2 Å². The first kappa shape index (κ1) is 13.1. The molecule has 0 aliphatic carbocycles. The van der Waals surface area contributed by atoms with Gasteiger partial charge in [0.05, 0.1) is 0 Å². The van der Waals surface area contributed by atoms with Crippen LogP contribution in [0.4, 0.5) is 0 Å². The van der Waals surface area contributed by atoms with Gasteiger partial charge in [0.15, 0.2) is 0 Å². The highest BCUT2D eigenvalue weighted by Crippen LogP contribution is 2.18. The van der Waals surface area contributed by atoms with Gasteiger partial charge in [-0.05, 0) is 18.1 Å². The number of nitrogens with one attached hydrogen (secondary N) is 1. The maximum absolute atomic E-state index is 10.8. The van der Waals surface area contributed by atoms with Crippen LogP contribution in [0.2, 0.25) is 0 Å². The number of benzene rings is 1. The van der Waals surface area contributed by atoms with Crippen LogP contribution >= 0.6 is 0 Å². The minimum absolute atomic E-state index is 0.120. The second-order valence-corrected chi connectivity index (χ2v) is 4.23. The minimum atomic E-state index is -1.61. The first-order chi connectivity index (χ1) is 9.08. The van der Waals surface area contributed by atoms with Crippen molar-refractivity contribution in [1.29, 1.82) is 0 Å². The van der Waals surface area contributed by atoms with E-state index >= 15 is 0 Å². The minimum Gasteiger partial charge on any atom is -0.473 e. The third kappa shape index (κ3) is 3.11. The summed E-state index contributed by atoms with van der Waals surface area (Å²) in [5, 5.41) is 9.43. The van der Waals surface area contributed by atoms with E-state index in [1.807, 2.05) is 30.5 Å². The highest BCUT2D eigenvalue weighted by atomic mass is 16.6. The Bertz CT molecular complexity index is 605. The number of rotatable bonds is 4. The molecule has 0 aliphatic heterocycles. The molecule has 6 nitrogen and oxygen atoms in total. The predicted molar refractivity (Wildman–Crippen MR) is 68.6 cm³/mol. The number of hydrogen-bond acceptors (Lipinski definition) is 4. The number of carbonyl (C=O) groups excluding carboxylic acids is 1. The Hall–Kier alpha value is -2.34. The summed E-state index contributed by atoms with van der Waals surface area (Å²) in [6.45, 7) is -0.120. The molecule has 4 N–H and O–H groups in total. The van der Waals surface area contributed by atoms with E-state index in [0.29, 0.717) is 6.42 Å². The molecule has 0 bridgehead atoms. The fourth-order valence-corrected chi connectivity index (χ4v) is 1.89. The molecule has 1 unspecified atom stereocenters. The summed E-state index contributed by atoms with van der Waals surface area (Å²) in [4.78, 5) is 24.2. The smallest absolute Gasteiger partial charge is 0.417 e. The lowest BCUT2D eigenvalue weighted by atomic mass is 10.1. The van der Waals surface area contributed by atoms with Gasteiger partial charge in [-0.2, -0.15) is 0 Å². The molecule has 0 radical (unpaired) electrons. The number of para-hydroxylation sites is 1. The maximum atomic E-state index is 10.8. The molecule has 19 heavy (non-hydrogen) atoms. The van der Waals surface area contributed by atoms with Crippen LogP contribution in [0.3, 0.4) is 0 Å². The molecule has 100 valence electrons. The molecule has 2 aromatic rings. The number of aliphatic carboxylic acids is 1. The molecule has 0 saturated heterocycles. The van der Waals surface area contributed by atoms with Gasteiger partial charge in [0, 0.05) is 23.1 Å². The van der Waals surface area contributed by atoms with Gasteiger partial charge in [-0.3, -0.25) is 0 Å². The summed E-state index contributed by atoms with van der Waals surface area (Å²) in [6, 6.07) is 7.33. The monoisotopic (exact) mass is 262 g/mol. The summed E-state index contributed by atoms with van der Waals surface area (Å²) < 4.78 is 4.55. The SMILES string of the molecule is NC(COC(=O)C(=O)O)Cc1c[nH]c2ccccc12. The van der Waals surface area contributed by atoms with Crippen LogP contribution in [0.1, 0.15) is 5.56 Å². The summed E-state index contributed by atoms with van der Waals surface area (Å²) in [5.74, 6) is -2.89. The molecule has 1 aromatic carbocycles. The van der Waals surface area contributed by atoms with Crippen molar-refractivity contribution >= 4 is 22.8 Å². The van der Waals surface area contributed by atoms with Crippen molar-refractivity contribution in [3.63, 3.8) is 0 Å². The number of aromatic nitrogens is 1. The van der Waals surface area contributed by atoms with Crippen molar-refractivity contribution in [3.05, 3.63) is 36.0 Å². The Balaban J connectivity index is 1.97. The number of ether oxygens (including phenoxy) is 1. The number of carboxylic acids is 1. The first-order valence-corrected chi connectivity index (χ1v) is 5.78. The zero-order valence-electron chi connectivity index (χ0n) is 10.1. The lowest BCUT2D eigenvalue weighted by Crippen LogP contribution is -2.31. The molecule has 0 spiro atoms. The molecule has 1 heterocycles. The van der Waals surface area contributed by atoms with E-state index < -0.39 is 18.0 Å². The predicted octanol–water partition coefficient (Wildman–Crippen LogP) is 0.666. The van der Waals surface area contributed by atoms with E-state index in [2.05, 4.69) is 9.72 Å². The molecule has 0 amide bonds. The van der Waals surface area contributed by atoms with Crippen LogP contribution in [0.15, 0.2) is 30.5 Å².